The van der Waals surface area contributed by atoms with Crippen molar-refractivity contribution in [2.75, 3.05) is 5.43 Å². The number of hydrazine groups is 1. The van der Waals surface area contributed by atoms with Gasteiger partial charge < -0.3 is 5.43 Å². The molecule has 0 unspecified atom stereocenters. The molecule has 3 N–H and O–H groups in total. The monoisotopic (exact) mass is 280 g/mol. The molecular weight excluding hydrogens is 268 g/mol. The highest BCUT2D eigenvalue weighted by molar-refractivity contribution is 7.99. The molecule has 0 aliphatic heterocycles. The minimum Gasteiger partial charge on any atom is -0.308 e. The van der Waals surface area contributed by atoms with Crippen LogP contribution in [-0.4, -0.2) is 9.97 Å². The van der Waals surface area contributed by atoms with E-state index in [1.807, 2.05) is 37.3 Å². The normalized spacial score (nSPS) is 10.4. The first-order valence-corrected chi connectivity index (χ1v) is 6.68. The summed E-state index contributed by atoms with van der Waals surface area (Å²) in [5.74, 6) is 6.78. The fourth-order valence-corrected chi connectivity index (χ4v) is 2.34. The summed E-state index contributed by atoms with van der Waals surface area (Å²) in [6, 6.07) is 9.44. The van der Waals surface area contributed by atoms with Crippen molar-refractivity contribution in [2.45, 2.75) is 23.3 Å². The van der Waals surface area contributed by atoms with Gasteiger partial charge in [0.15, 0.2) is 0 Å². The van der Waals surface area contributed by atoms with Crippen LogP contribution in [0.3, 0.4) is 0 Å². The van der Waals surface area contributed by atoms with Gasteiger partial charge in [-0.1, -0.05) is 30.3 Å². The number of anilines is 1. The minimum absolute atomic E-state index is 0.623. The highest BCUT2D eigenvalue weighted by Gasteiger charge is 2.04. The van der Waals surface area contributed by atoms with Crippen molar-refractivity contribution in [3.63, 3.8) is 0 Å². The van der Waals surface area contributed by atoms with E-state index in [0.29, 0.717) is 5.82 Å². The number of nitrogens with zero attached hydrogens (tertiary/aromatic N) is 2. The summed E-state index contributed by atoms with van der Waals surface area (Å²) in [6.45, 7) is 2.01. The molecule has 0 radical (unpaired) electrons. The van der Waals surface area contributed by atoms with Gasteiger partial charge in [0, 0.05) is 22.4 Å². The van der Waals surface area contributed by atoms with Crippen molar-refractivity contribution < 1.29 is 0 Å². The lowest BCUT2D eigenvalue weighted by Crippen LogP contribution is -2.10. The molecule has 0 amide bonds. The Morgan fingerprint density at radius 1 is 1.28 bits per heavy atom. The largest absolute Gasteiger partial charge is 0.308 e. The lowest BCUT2D eigenvalue weighted by atomic mass is 10.4. The number of nitrogens with one attached hydrogen (secondary N) is 1. The maximum Gasteiger partial charge on any atom is 0.144 e. The van der Waals surface area contributed by atoms with Crippen LogP contribution in [0.15, 0.2) is 40.3 Å². The van der Waals surface area contributed by atoms with Crippen molar-refractivity contribution in [3.05, 3.63) is 41.2 Å². The Kier molecular flexibility index (Phi) is 4.41. The molecule has 0 saturated heterocycles. The lowest BCUT2D eigenvalue weighted by Gasteiger charge is -2.06. The molecule has 2 rings (SSSR count). The third kappa shape index (κ3) is 3.35. The van der Waals surface area contributed by atoms with Crippen LogP contribution in [0, 0.1) is 0 Å². The number of benzene rings is 1. The third-order valence-electron chi connectivity index (χ3n) is 2.25. The zero-order valence-corrected chi connectivity index (χ0v) is 11.4. The average molecular weight is 281 g/mol. The van der Waals surface area contributed by atoms with E-state index in [1.165, 1.54) is 0 Å². The minimum atomic E-state index is 0.623. The third-order valence-corrected chi connectivity index (χ3v) is 3.43. The molecule has 0 aliphatic carbocycles. The van der Waals surface area contributed by atoms with Crippen LogP contribution in [0.5, 0.6) is 0 Å². The summed E-state index contributed by atoms with van der Waals surface area (Å²) in [4.78, 5) is 9.76. The number of aromatic nitrogens is 2. The second kappa shape index (κ2) is 6.04. The molecule has 0 saturated carbocycles. The predicted octanol–water partition coefficient (Wildman–Crippen LogP) is 3.13. The Morgan fingerprint density at radius 3 is 2.61 bits per heavy atom. The van der Waals surface area contributed by atoms with E-state index in [-0.39, 0.29) is 0 Å². The van der Waals surface area contributed by atoms with Gasteiger partial charge >= 0.3 is 0 Å². The molecule has 0 bridgehead atoms. The molecule has 6 heteroatoms. The molecule has 1 heterocycles. The van der Waals surface area contributed by atoms with Gasteiger partial charge in [-0.2, -0.15) is 0 Å². The zero-order valence-electron chi connectivity index (χ0n) is 9.85. The van der Waals surface area contributed by atoms with E-state index in [1.54, 1.807) is 11.8 Å². The van der Waals surface area contributed by atoms with Crippen molar-refractivity contribution in [1.29, 1.82) is 0 Å². The van der Waals surface area contributed by atoms with E-state index in [4.69, 9.17) is 17.4 Å². The summed E-state index contributed by atoms with van der Waals surface area (Å²) in [5.41, 5.74) is 2.55. The molecule has 18 heavy (non-hydrogen) atoms. The summed E-state index contributed by atoms with van der Waals surface area (Å²) < 4.78 is 0. The zero-order chi connectivity index (χ0) is 13.0. The number of aryl methyl sites for hydroxylation is 1. The Morgan fingerprint density at radius 2 is 2.00 bits per heavy atom. The summed E-state index contributed by atoms with van der Waals surface area (Å²) in [5, 5.41) is 1.58. The lowest BCUT2D eigenvalue weighted by molar-refractivity contribution is 0.888. The first-order chi connectivity index (χ1) is 8.71. The van der Waals surface area contributed by atoms with Crippen LogP contribution < -0.4 is 11.3 Å². The highest BCUT2D eigenvalue weighted by Crippen LogP contribution is 2.28. The van der Waals surface area contributed by atoms with Crippen molar-refractivity contribution in [2.24, 2.45) is 5.84 Å². The van der Waals surface area contributed by atoms with E-state index < -0.39 is 0 Å². The number of halogens is 1. The summed E-state index contributed by atoms with van der Waals surface area (Å²) >= 11 is 7.40. The molecule has 0 spiro atoms. The van der Waals surface area contributed by atoms with E-state index in [9.17, 15) is 0 Å². The summed E-state index contributed by atoms with van der Waals surface area (Å²) in [7, 11) is 0. The first kappa shape index (κ1) is 13.1. The number of rotatable bonds is 4. The van der Waals surface area contributed by atoms with Gasteiger partial charge in [0.1, 0.15) is 16.7 Å². The van der Waals surface area contributed by atoms with Gasteiger partial charge in [0.25, 0.3) is 0 Å². The second-order valence-corrected chi connectivity index (χ2v) is 5.09. The molecule has 0 atom stereocenters. The van der Waals surface area contributed by atoms with Crippen LogP contribution in [0.2, 0.25) is 5.02 Å². The van der Waals surface area contributed by atoms with Crippen molar-refractivity contribution in [1.82, 2.24) is 9.97 Å². The van der Waals surface area contributed by atoms with Gasteiger partial charge in [-0.3, -0.25) is 0 Å². The Bertz CT molecular complexity index is 508. The number of nitrogen functional groups attached to an aromatic ring is 1. The second-order valence-electron chi connectivity index (χ2n) is 3.56. The van der Waals surface area contributed by atoms with Gasteiger partial charge in [-0.05, 0) is 24.3 Å². The first-order valence-electron chi connectivity index (χ1n) is 5.49. The molecule has 4 nitrogen and oxygen atoms in total. The predicted molar refractivity (Wildman–Crippen MR) is 74.8 cm³/mol. The molecule has 1 aromatic carbocycles. The van der Waals surface area contributed by atoms with Gasteiger partial charge in [-0.25, -0.2) is 15.8 Å². The summed E-state index contributed by atoms with van der Waals surface area (Å²) in [6.07, 6.45) is 0.768. The van der Waals surface area contributed by atoms with Crippen LogP contribution in [-0.2, 0) is 6.42 Å². The number of hydrogen-bond donors (Lipinski definition) is 2. The number of nitrogens with two attached hydrogens (primary N) is 1. The van der Waals surface area contributed by atoms with Crippen LogP contribution in [0.4, 0.5) is 5.82 Å². The Balaban J connectivity index is 2.25. The molecule has 1 aromatic heterocycles. The van der Waals surface area contributed by atoms with Gasteiger partial charge in [0.2, 0.25) is 0 Å². The fourth-order valence-electron chi connectivity index (χ4n) is 1.38. The molecule has 94 valence electrons. The van der Waals surface area contributed by atoms with Gasteiger partial charge in [0.05, 0.1) is 0 Å². The van der Waals surface area contributed by atoms with E-state index in [0.717, 1.165) is 27.2 Å². The molecule has 0 fully saturated rings. The van der Waals surface area contributed by atoms with Crippen LogP contribution in [0.1, 0.15) is 12.7 Å². The topological polar surface area (TPSA) is 63.8 Å². The fraction of sp³-hybridized carbons (Fsp3) is 0.167. The van der Waals surface area contributed by atoms with E-state index >= 15 is 0 Å². The Hall–Kier alpha value is -1.30. The van der Waals surface area contributed by atoms with Crippen LogP contribution in [0.25, 0.3) is 0 Å². The highest BCUT2D eigenvalue weighted by atomic mass is 35.5. The Labute approximate surface area is 115 Å². The smallest absolute Gasteiger partial charge is 0.144 e. The SMILES string of the molecule is CCc1nc(NN)cc(Sc2ccc(Cl)cc2)n1. The standard InChI is InChI=1S/C12H13ClN4S/c1-2-10-15-11(17-14)7-12(16-10)18-9-5-3-8(13)4-6-9/h3-7H,2,14H2,1H3,(H,15,16,17). The number of hydrogen-bond acceptors (Lipinski definition) is 5. The molecule has 2 aromatic rings. The maximum atomic E-state index is 5.85. The molecule has 0 aliphatic rings. The maximum absolute atomic E-state index is 5.85. The molecular formula is C12H13ClN4S. The quantitative estimate of drug-likeness (QED) is 0.512. The van der Waals surface area contributed by atoms with E-state index in [2.05, 4.69) is 15.4 Å². The van der Waals surface area contributed by atoms with Crippen molar-refractivity contribution >= 4 is 29.2 Å². The van der Waals surface area contributed by atoms with Crippen LogP contribution >= 0.6 is 23.4 Å². The van der Waals surface area contributed by atoms with Crippen molar-refractivity contribution in [3.8, 4) is 0 Å². The average Bonchev–Trinajstić information content (AvgIpc) is 2.41. The van der Waals surface area contributed by atoms with Gasteiger partial charge in [-0.15, -0.1) is 0 Å².